The lowest BCUT2D eigenvalue weighted by Gasteiger charge is -2.33. The molecule has 16 rings (SSSR count). The van der Waals surface area contributed by atoms with E-state index in [2.05, 4.69) is 369 Å². The second-order valence-electron chi connectivity index (χ2n) is 42.2. The third-order valence-electron chi connectivity index (χ3n) is 31.8. The second kappa shape index (κ2) is 48.1. The predicted octanol–water partition coefficient (Wildman–Crippen LogP) is 34.2. The van der Waals surface area contributed by atoms with E-state index in [1.54, 1.807) is 31.9 Å². The molecular weight excluding hydrogens is 1860 g/mol. The smallest absolute Gasteiger partial charge is 0.399 e. The predicted molar refractivity (Wildman–Crippen MR) is 599 cm³/mol. The Hall–Kier alpha value is -5.94. The van der Waals surface area contributed by atoms with Crippen LogP contribution >= 0.6 is 45.2 Å². The molecule has 4 heterocycles. The molecule has 1 unspecified atom stereocenters. The fourth-order valence-corrected chi connectivity index (χ4v) is 35.6. The van der Waals surface area contributed by atoms with E-state index in [9.17, 15) is 0 Å². The fraction of sp³-hybridized carbons (Fsp3) is 0.508. The molecule has 0 amide bonds. The molecule has 6 aliphatic rings. The molecule has 2 aliphatic carbocycles. The summed E-state index contributed by atoms with van der Waals surface area (Å²) < 4.78 is 29.0. The molecule has 0 bridgehead atoms. The van der Waals surface area contributed by atoms with Gasteiger partial charge in [0.1, 0.15) is 16.1 Å². The third kappa shape index (κ3) is 23.4. The zero-order chi connectivity index (χ0) is 93.7. The van der Waals surface area contributed by atoms with Crippen LogP contribution in [0.5, 0.6) is 0 Å². The van der Waals surface area contributed by atoms with Gasteiger partial charge in [0.05, 0.1) is 22.4 Å². The molecule has 10 aromatic rings. The Balaban J connectivity index is 0.000000172. The maximum absolute atomic E-state index is 6.55. The molecule has 0 radical (unpaired) electrons. The average molecular weight is 2030 g/mol. The molecular formula is C122H164B2I2O4Si2. The van der Waals surface area contributed by atoms with E-state index in [4.69, 9.17) is 18.6 Å². The first-order valence-electron chi connectivity index (χ1n) is 53.2. The van der Waals surface area contributed by atoms with E-state index >= 15 is 0 Å². The fourth-order valence-electron chi connectivity index (χ4n) is 22.8. The van der Waals surface area contributed by atoms with Gasteiger partial charge in [0.25, 0.3) is 0 Å². The highest BCUT2D eigenvalue weighted by molar-refractivity contribution is 14.1. The minimum absolute atomic E-state index is 0.0501. The van der Waals surface area contributed by atoms with E-state index < -0.39 is 16.1 Å². The van der Waals surface area contributed by atoms with Crippen molar-refractivity contribution in [2.75, 3.05) is 0 Å². The second-order valence-corrected chi connectivity index (χ2v) is 53.2. The van der Waals surface area contributed by atoms with E-state index in [0.29, 0.717) is 5.92 Å². The standard InChI is InChI=1S/C55H62Si.C37H56B2O4.C24H32I2Si.C6H14/c1-4-7-10-19-26-47-52-37-43(41-22-15-13-16-23-41)27-31-48(52)49-32-28-44(38-53(47)49)46-30-34-51-50-33-29-45(42-24-17-14-18-25-42)39-54(50)56(55(51)40-46,35-20-11-8-5-2)36-21-12-9-6-3;1-11-13-15-17-23-37(24-18-16-14-12-2)31-25-27(38-40-33(3,4)34(5,6)41-38)19-21-29(31)30-22-20-28(26-32(30)37)39-42-35(7,8)36(9,10)43-39;1-3-5-7-9-15-27(16-10-8-6-4-2)23-17-19(25)11-13-21(23)22-14-12-20(26)18-24(22)27;1-3-5-6-4-2/h13-18,22-25,27-34,37-40,47H,4-12,19-21,26,35-36H2,1-3H3;19-22,25-26H,11-18,23-24H2,1-10H3;11-14,17-18H,3-10,15-16H2,1-2H3;3-6H2,1-2H3. The number of benzene rings is 10. The average Bonchev–Trinajstić information content (AvgIpc) is 1.56. The molecule has 2 fully saturated rings. The highest BCUT2D eigenvalue weighted by Gasteiger charge is 2.55. The van der Waals surface area contributed by atoms with Gasteiger partial charge in [0.15, 0.2) is 0 Å². The van der Waals surface area contributed by atoms with Crippen LogP contribution in [0.25, 0.3) is 77.9 Å². The van der Waals surface area contributed by atoms with Crippen LogP contribution in [0.1, 0.15) is 371 Å². The lowest BCUT2D eigenvalue weighted by atomic mass is 9.67. The summed E-state index contributed by atoms with van der Waals surface area (Å²) in [7, 11) is -4.43. The normalized spacial score (nSPS) is 16.8. The zero-order valence-corrected chi connectivity index (χ0v) is 91.1. The van der Waals surface area contributed by atoms with Crippen molar-refractivity contribution in [3.8, 4) is 77.9 Å². The van der Waals surface area contributed by atoms with E-state index in [0.717, 1.165) is 23.8 Å². The van der Waals surface area contributed by atoms with Gasteiger partial charge in [-0.1, -0.05) is 438 Å². The molecule has 4 nitrogen and oxygen atoms in total. The van der Waals surface area contributed by atoms with Crippen molar-refractivity contribution < 1.29 is 18.6 Å². The van der Waals surface area contributed by atoms with Crippen molar-refractivity contribution in [1.29, 1.82) is 0 Å². The number of fused-ring (bicyclic) bond motifs is 12. The molecule has 4 aliphatic heterocycles. The summed E-state index contributed by atoms with van der Waals surface area (Å²) in [5.41, 5.74) is 26.7. The van der Waals surface area contributed by atoms with Crippen molar-refractivity contribution in [1.82, 2.24) is 0 Å². The quantitative estimate of drug-likeness (QED) is 0.0217. The Morgan fingerprint density at radius 3 is 0.871 bits per heavy atom. The summed E-state index contributed by atoms with van der Waals surface area (Å²) in [5.74, 6) is 0.446. The molecule has 0 spiro atoms. The van der Waals surface area contributed by atoms with Crippen molar-refractivity contribution in [2.45, 2.75) is 400 Å². The highest BCUT2D eigenvalue weighted by Crippen LogP contribution is 2.56. The summed E-state index contributed by atoms with van der Waals surface area (Å²) in [4.78, 5) is 0. The van der Waals surface area contributed by atoms with E-state index in [1.165, 1.54) is 332 Å². The maximum Gasteiger partial charge on any atom is 0.494 e. The van der Waals surface area contributed by atoms with Crippen molar-refractivity contribution in [3.63, 3.8) is 0 Å². The van der Waals surface area contributed by atoms with E-state index in [-0.39, 0.29) is 42.1 Å². The summed E-state index contributed by atoms with van der Waals surface area (Å²) >= 11 is 5.04. The summed E-state index contributed by atoms with van der Waals surface area (Å²) in [6, 6.07) is 86.2. The first-order valence-corrected chi connectivity index (χ1v) is 60.1. The maximum atomic E-state index is 6.55. The van der Waals surface area contributed by atoms with Crippen LogP contribution in [0, 0.1) is 7.14 Å². The molecule has 0 aromatic heterocycles. The first-order chi connectivity index (χ1) is 63.9. The van der Waals surface area contributed by atoms with Gasteiger partial charge in [0.2, 0.25) is 0 Å². The first kappa shape index (κ1) is 103. The van der Waals surface area contributed by atoms with Crippen LogP contribution in [-0.2, 0) is 24.0 Å². The van der Waals surface area contributed by atoms with Crippen LogP contribution < -0.4 is 31.7 Å². The Morgan fingerprint density at radius 2 is 0.530 bits per heavy atom. The minimum Gasteiger partial charge on any atom is -0.399 e. The van der Waals surface area contributed by atoms with Crippen LogP contribution in [0.15, 0.2) is 206 Å². The van der Waals surface area contributed by atoms with Gasteiger partial charge in [-0.2, -0.15) is 0 Å². The number of unbranched alkanes of at least 4 members (excludes halogenated alkanes) is 24. The van der Waals surface area contributed by atoms with Gasteiger partial charge < -0.3 is 18.6 Å². The zero-order valence-electron chi connectivity index (χ0n) is 84.8. The Labute approximate surface area is 832 Å². The van der Waals surface area contributed by atoms with Crippen LogP contribution in [0.2, 0.25) is 24.2 Å². The molecule has 10 heteroatoms. The van der Waals surface area contributed by atoms with Crippen LogP contribution in [-0.4, -0.2) is 52.8 Å². The van der Waals surface area contributed by atoms with Crippen molar-refractivity contribution in [3.05, 3.63) is 236 Å². The van der Waals surface area contributed by atoms with Gasteiger partial charge >= 0.3 is 14.2 Å². The molecule has 0 saturated carbocycles. The molecule has 1 atom stereocenters. The third-order valence-corrected chi connectivity index (χ3v) is 43.8. The molecule has 0 N–H and O–H groups in total. The summed E-state index contributed by atoms with van der Waals surface area (Å²) in [6.45, 7) is 37.8. The van der Waals surface area contributed by atoms with Crippen LogP contribution in [0.3, 0.4) is 0 Å². The molecule has 2 saturated heterocycles. The number of hydrogen-bond donors (Lipinski definition) is 0. The topological polar surface area (TPSA) is 36.9 Å². The Bertz CT molecular complexity index is 5150. The number of rotatable bonds is 43. The summed E-state index contributed by atoms with van der Waals surface area (Å²) in [5, 5.41) is 6.93. The van der Waals surface area contributed by atoms with Crippen molar-refractivity contribution in [2.24, 2.45) is 0 Å². The summed E-state index contributed by atoms with van der Waals surface area (Å²) in [6.07, 6.45) is 46.0. The Kier molecular flexibility index (Phi) is 37.7. The molecule has 10 aromatic carbocycles. The highest BCUT2D eigenvalue weighted by atomic mass is 127. The number of hydrogen-bond acceptors (Lipinski definition) is 4. The van der Waals surface area contributed by atoms with Gasteiger partial charge in [-0.05, 0) is 312 Å². The Morgan fingerprint density at radius 1 is 0.258 bits per heavy atom. The molecule has 132 heavy (non-hydrogen) atoms. The van der Waals surface area contributed by atoms with Crippen LogP contribution in [0.4, 0.5) is 0 Å². The van der Waals surface area contributed by atoms with Crippen molar-refractivity contribution >= 4 is 107 Å². The van der Waals surface area contributed by atoms with Gasteiger partial charge in [0, 0.05) is 18.5 Å². The minimum atomic E-state index is -2.05. The monoisotopic (exact) mass is 2030 g/mol. The molecule has 704 valence electrons. The lowest BCUT2D eigenvalue weighted by molar-refractivity contribution is 0.00578. The SMILES string of the molecule is CCCCCC.CCCCCCC1(CCCCCC)c2cc(B3OC(C)(C)C(C)(C)O3)ccc2-c2ccc(B3OC(C)(C)C(C)(C)O3)cc21.CCCCCCC1c2cc(-c3ccccc3)ccc2-c2ccc(-c3ccc4c(c3)[Si](CCCCCC)(CCCCCC)c3cc(-c5ccccc5)ccc3-4)cc21.CCCCCC[Si]1(CCCCCC)c2cc(I)ccc2-c2ccc(I)cc21. The van der Waals surface area contributed by atoms with E-state index in [1.807, 2.05) is 0 Å². The van der Waals surface area contributed by atoms with Gasteiger partial charge in [-0.25, -0.2) is 0 Å². The lowest BCUT2D eigenvalue weighted by Crippen LogP contribution is -2.55. The largest absolute Gasteiger partial charge is 0.494 e. The van der Waals surface area contributed by atoms with Gasteiger partial charge in [-0.15, -0.1) is 0 Å². The number of halogens is 2. The van der Waals surface area contributed by atoms with Gasteiger partial charge in [-0.3, -0.25) is 0 Å².